The van der Waals surface area contributed by atoms with E-state index in [1.807, 2.05) is 48.5 Å². The van der Waals surface area contributed by atoms with Crippen molar-refractivity contribution in [3.8, 4) is 5.75 Å². The molecule has 1 aliphatic rings. The predicted octanol–water partition coefficient (Wildman–Crippen LogP) is 4.45. The maximum absolute atomic E-state index is 12.4. The molecule has 2 aromatic rings. The van der Waals surface area contributed by atoms with Crippen LogP contribution in [0.5, 0.6) is 5.75 Å². The molecule has 30 heavy (non-hydrogen) atoms. The van der Waals surface area contributed by atoms with Crippen LogP contribution in [0.1, 0.15) is 36.9 Å². The summed E-state index contributed by atoms with van der Waals surface area (Å²) in [5, 5.41) is 3.71. The zero-order valence-corrected chi connectivity index (χ0v) is 19.0. The Morgan fingerprint density at radius 2 is 1.80 bits per heavy atom. The molecule has 0 radical (unpaired) electrons. The SMILES string of the molecule is CC(C)c1ccc(OCC(=O)NCC(c2ccccc2Cl)N2CCOCC2)cc1.Cl. The Bertz CT molecular complexity index is 793. The van der Waals surface area contributed by atoms with E-state index in [-0.39, 0.29) is 31.0 Å². The van der Waals surface area contributed by atoms with E-state index in [0.717, 1.165) is 18.7 Å². The normalized spacial score (nSPS) is 15.3. The van der Waals surface area contributed by atoms with Gasteiger partial charge in [-0.25, -0.2) is 0 Å². The van der Waals surface area contributed by atoms with Gasteiger partial charge in [0.2, 0.25) is 0 Å². The largest absolute Gasteiger partial charge is 0.484 e. The first-order valence-corrected chi connectivity index (χ1v) is 10.5. The summed E-state index contributed by atoms with van der Waals surface area (Å²) in [6, 6.07) is 15.7. The van der Waals surface area contributed by atoms with Crippen molar-refractivity contribution in [1.82, 2.24) is 10.2 Å². The monoisotopic (exact) mass is 452 g/mol. The van der Waals surface area contributed by atoms with Gasteiger partial charge in [0.05, 0.1) is 19.3 Å². The molecule has 0 aromatic heterocycles. The Balaban J connectivity index is 0.00000320. The summed E-state index contributed by atoms with van der Waals surface area (Å²) in [6.07, 6.45) is 0. The fraction of sp³-hybridized carbons (Fsp3) is 0.435. The molecular weight excluding hydrogens is 423 g/mol. The first-order chi connectivity index (χ1) is 14.0. The molecule has 1 unspecified atom stereocenters. The lowest BCUT2D eigenvalue weighted by molar-refractivity contribution is -0.123. The van der Waals surface area contributed by atoms with Crippen LogP contribution in [-0.4, -0.2) is 50.3 Å². The van der Waals surface area contributed by atoms with Crippen molar-refractivity contribution in [1.29, 1.82) is 0 Å². The number of nitrogens with one attached hydrogen (secondary N) is 1. The van der Waals surface area contributed by atoms with Crippen LogP contribution in [0.2, 0.25) is 5.02 Å². The van der Waals surface area contributed by atoms with Crippen LogP contribution in [0.15, 0.2) is 48.5 Å². The van der Waals surface area contributed by atoms with Crippen molar-refractivity contribution >= 4 is 29.9 Å². The fourth-order valence-corrected chi connectivity index (χ4v) is 3.69. The lowest BCUT2D eigenvalue weighted by atomic mass is 10.0. The molecule has 1 amide bonds. The van der Waals surface area contributed by atoms with Gasteiger partial charge >= 0.3 is 0 Å². The first-order valence-electron chi connectivity index (χ1n) is 10.1. The highest BCUT2D eigenvalue weighted by Crippen LogP contribution is 2.27. The van der Waals surface area contributed by atoms with E-state index in [0.29, 0.717) is 36.4 Å². The number of hydrogen-bond donors (Lipinski definition) is 1. The molecule has 1 fully saturated rings. The molecule has 3 rings (SSSR count). The Morgan fingerprint density at radius 1 is 1.13 bits per heavy atom. The Kier molecular flexibility index (Phi) is 9.92. The maximum atomic E-state index is 12.4. The van der Waals surface area contributed by atoms with Crippen LogP contribution < -0.4 is 10.1 Å². The zero-order chi connectivity index (χ0) is 20.6. The molecule has 1 N–H and O–H groups in total. The van der Waals surface area contributed by atoms with Crippen LogP contribution >= 0.6 is 24.0 Å². The van der Waals surface area contributed by atoms with E-state index in [1.165, 1.54) is 5.56 Å². The predicted molar refractivity (Wildman–Crippen MR) is 123 cm³/mol. The minimum Gasteiger partial charge on any atom is -0.484 e. The van der Waals surface area contributed by atoms with Crippen molar-refractivity contribution in [2.75, 3.05) is 39.5 Å². The molecule has 164 valence electrons. The molecular formula is C23H30Cl2N2O3. The van der Waals surface area contributed by atoms with Crippen molar-refractivity contribution in [3.05, 3.63) is 64.7 Å². The average Bonchev–Trinajstić information content (AvgIpc) is 2.74. The van der Waals surface area contributed by atoms with E-state index in [4.69, 9.17) is 21.1 Å². The van der Waals surface area contributed by atoms with Crippen LogP contribution in [0.3, 0.4) is 0 Å². The van der Waals surface area contributed by atoms with E-state index in [2.05, 4.69) is 24.1 Å². The van der Waals surface area contributed by atoms with E-state index in [1.54, 1.807) is 0 Å². The summed E-state index contributed by atoms with van der Waals surface area (Å²) in [6.45, 7) is 7.74. The number of ether oxygens (including phenoxy) is 2. The molecule has 1 atom stereocenters. The molecule has 0 aliphatic carbocycles. The number of benzene rings is 2. The van der Waals surface area contributed by atoms with Gasteiger partial charge in [0.1, 0.15) is 5.75 Å². The minimum absolute atomic E-state index is 0. The Morgan fingerprint density at radius 3 is 2.43 bits per heavy atom. The van der Waals surface area contributed by atoms with Gasteiger partial charge in [-0.15, -0.1) is 12.4 Å². The lowest BCUT2D eigenvalue weighted by Gasteiger charge is -2.35. The van der Waals surface area contributed by atoms with Gasteiger partial charge in [-0.2, -0.15) is 0 Å². The van der Waals surface area contributed by atoms with Gasteiger partial charge in [-0.3, -0.25) is 9.69 Å². The Labute approximate surface area is 190 Å². The number of morpholine rings is 1. The van der Waals surface area contributed by atoms with Crippen molar-refractivity contribution in [2.24, 2.45) is 0 Å². The highest BCUT2D eigenvalue weighted by atomic mass is 35.5. The van der Waals surface area contributed by atoms with Gasteiger partial charge in [-0.05, 0) is 35.2 Å². The smallest absolute Gasteiger partial charge is 0.258 e. The molecule has 5 nitrogen and oxygen atoms in total. The Hall–Kier alpha value is -1.79. The maximum Gasteiger partial charge on any atom is 0.258 e. The fourth-order valence-electron chi connectivity index (χ4n) is 3.43. The summed E-state index contributed by atoms with van der Waals surface area (Å²) < 4.78 is 11.1. The van der Waals surface area contributed by atoms with Gasteiger partial charge in [0.25, 0.3) is 5.91 Å². The molecule has 1 heterocycles. The van der Waals surface area contributed by atoms with Crippen LogP contribution in [0, 0.1) is 0 Å². The van der Waals surface area contributed by atoms with Crippen LogP contribution in [-0.2, 0) is 9.53 Å². The number of hydrogen-bond acceptors (Lipinski definition) is 4. The summed E-state index contributed by atoms with van der Waals surface area (Å²) in [7, 11) is 0. The van der Waals surface area contributed by atoms with Gasteiger partial charge in [0.15, 0.2) is 6.61 Å². The molecule has 1 saturated heterocycles. The third kappa shape index (κ3) is 6.88. The van der Waals surface area contributed by atoms with Gasteiger partial charge in [0, 0.05) is 24.7 Å². The zero-order valence-electron chi connectivity index (χ0n) is 17.5. The quantitative estimate of drug-likeness (QED) is 0.642. The summed E-state index contributed by atoms with van der Waals surface area (Å²) in [4.78, 5) is 14.7. The molecule has 0 saturated carbocycles. The molecule has 2 aromatic carbocycles. The molecule has 0 bridgehead atoms. The number of amides is 1. The van der Waals surface area contributed by atoms with E-state index in [9.17, 15) is 4.79 Å². The number of carbonyl (C=O) groups excluding carboxylic acids is 1. The third-order valence-corrected chi connectivity index (χ3v) is 5.50. The number of halogens is 2. The summed E-state index contributed by atoms with van der Waals surface area (Å²) in [5.74, 6) is 1.01. The van der Waals surface area contributed by atoms with Gasteiger partial charge in [-0.1, -0.05) is 55.8 Å². The van der Waals surface area contributed by atoms with Crippen molar-refractivity contribution in [3.63, 3.8) is 0 Å². The second-order valence-corrected chi connectivity index (χ2v) is 7.91. The van der Waals surface area contributed by atoms with Crippen LogP contribution in [0.4, 0.5) is 0 Å². The number of nitrogens with zero attached hydrogens (tertiary/aromatic N) is 1. The van der Waals surface area contributed by atoms with E-state index >= 15 is 0 Å². The lowest BCUT2D eigenvalue weighted by Crippen LogP contribution is -2.44. The van der Waals surface area contributed by atoms with Gasteiger partial charge < -0.3 is 14.8 Å². The molecule has 7 heteroatoms. The third-order valence-electron chi connectivity index (χ3n) is 5.16. The van der Waals surface area contributed by atoms with Crippen molar-refractivity contribution in [2.45, 2.75) is 25.8 Å². The van der Waals surface area contributed by atoms with E-state index < -0.39 is 0 Å². The van der Waals surface area contributed by atoms with Crippen LogP contribution in [0.25, 0.3) is 0 Å². The highest BCUT2D eigenvalue weighted by Gasteiger charge is 2.24. The second-order valence-electron chi connectivity index (χ2n) is 7.50. The highest BCUT2D eigenvalue weighted by molar-refractivity contribution is 6.31. The summed E-state index contributed by atoms with van der Waals surface area (Å²) in [5.41, 5.74) is 2.26. The molecule has 1 aliphatic heterocycles. The van der Waals surface area contributed by atoms with Crippen molar-refractivity contribution < 1.29 is 14.3 Å². The summed E-state index contributed by atoms with van der Waals surface area (Å²) >= 11 is 6.43. The minimum atomic E-state index is -0.150. The number of rotatable bonds is 8. The average molecular weight is 453 g/mol. The first kappa shape index (κ1) is 24.5. The standard InChI is InChI=1S/C23H29ClN2O3.ClH/c1-17(2)18-7-9-19(10-8-18)29-16-23(27)25-15-22(26-11-13-28-14-12-26)20-5-3-4-6-21(20)24;/h3-10,17,22H,11-16H2,1-2H3,(H,25,27);1H. The topological polar surface area (TPSA) is 50.8 Å². The second kappa shape index (κ2) is 12.2. The molecule has 0 spiro atoms. The number of carbonyl (C=O) groups is 1.